The second-order valence-electron chi connectivity index (χ2n) is 4.11. The van der Waals surface area contributed by atoms with E-state index < -0.39 is 0 Å². The number of hydrogen-bond acceptors (Lipinski definition) is 4. The lowest BCUT2D eigenvalue weighted by molar-refractivity contribution is 0.513. The quantitative estimate of drug-likeness (QED) is 0.666. The number of tetrazole rings is 1. The normalized spacial score (nSPS) is 28.7. The van der Waals surface area contributed by atoms with Gasteiger partial charge in [-0.25, -0.2) is 0 Å². The molecule has 0 aromatic carbocycles. The monoisotopic (exact) mass is 195 g/mol. The molecule has 5 heteroatoms. The molecular formula is C9H17N5. The molecule has 0 amide bonds. The predicted octanol–water partition coefficient (Wildman–Crippen LogP) is 0.585. The van der Waals surface area contributed by atoms with E-state index in [1.54, 1.807) is 7.05 Å². The fraction of sp³-hybridized carbons (Fsp3) is 0.889. The zero-order valence-electron chi connectivity index (χ0n) is 8.56. The average molecular weight is 195 g/mol. The lowest BCUT2D eigenvalue weighted by atomic mass is 9.98. The summed E-state index contributed by atoms with van der Waals surface area (Å²) in [5.74, 6) is 1.28. The molecule has 0 spiro atoms. The fourth-order valence-corrected chi connectivity index (χ4v) is 2.10. The van der Waals surface area contributed by atoms with Gasteiger partial charge in [-0.2, -0.15) is 4.80 Å². The maximum Gasteiger partial charge on any atom is 0.177 e. The van der Waals surface area contributed by atoms with Crippen LogP contribution in [0.4, 0.5) is 0 Å². The Morgan fingerprint density at radius 2 is 2.14 bits per heavy atom. The van der Waals surface area contributed by atoms with E-state index in [0.29, 0.717) is 12.0 Å². The minimum absolute atomic E-state index is 0.311. The van der Waals surface area contributed by atoms with Crippen LogP contribution in [-0.4, -0.2) is 26.2 Å². The van der Waals surface area contributed by atoms with Gasteiger partial charge in [0.25, 0.3) is 0 Å². The van der Waals surface area contributed by atoms with Gasteiger partial charge in [-0.05, 0) is 24.5 Å². The highest BCUT2D eigenvalue weighted by atomic mass is 15.6. The molecule has 1 saturated carbocycles. The van der Waals surface area contributed by atoms with Crippen LogP contribution in [0.3, 0.4) is 0 Å². The van der Waals surface area contributed by atoms with Gasteiger partial charge in [-0.15, -0.1) is 10.2 Å². The minimum Gasteiger partial charge on any atom is -0.328 e. The average Bonchev–Trinajstić information content (AvgIpc) is 2.45. The van der Waals surface area contributed by atoms with Crippen molar-refractivity contribution in [2.45, 2.75) is 44.1 Å². The first-order valence-electron chi connectivity index (χ1n) is 5.25. The molecule has 0 radical (unpaired) electrons. The van der Waals surface area contributed by atoms with Crippen molar-refractivity contribution in [1.29, 1.82) is 0 Å². The summed E-state index contributed by atoms with van der Waals surface area (Å²) in [6, 6.07) is 0.311. The largest absolute Gasteiger partial charge is 0.328 e. The zero-order valence-corrected chi connectivity index (χ0v) is 8.56. The van der Waals surface area contributed by atoms with Crippen molar-refractivity contribution in [3.63, 3.8) is 0 Å². The summed E-state index contributed by atoms with van der Waals surface area (Å²) in [7, 11) is 1.80. The van der Waals surface area contributed by atoms with Gasteiger partial charge in [-0.1, -0.05) is 12.8 Å². The van der Waals surface area contributed by atoms with E-state index in [1.165, 1.54) is 17.6 Å². The number of rotatable bonds is 1. The van der Waals surface area contributed by atoms with Crippen molar-refractivity contribution in [1.82, 2.24) is 20.2 Å². The smallest absolute Gasteiger partial charge is 0.177 e. The first-order valence-corrected chi connectivity index (χ1v) is 5.25. The van der Waals surface area contributed by atoms with Crippen LogP contribution in [0.1, 0.15) is 43.8 Å². The van der Waals surface area contributed by atoms with Crippen molar-refractivity contribution in [3.8, 4) is 0 Å². The molecule has 0 bridgehead atoms. The van der Waals surface area contributed by atoms with Crippen LogP contribution in [0.2, 0.25) is 0 Å². The topological polar surface area (TPSA) is 69.6 Å². The van der Waals surface area contributed by atoms with Gasteiger partial charge in [0.2, 0.25) is 0 Å². The molecule has 1 aromatic rings. The third kappa shape index (κ3) is 2.09. The van der Waals surface area contributed by atoms with Gasteiger partial charge in [0.15, 0.2) is 5.82 Å². The van der Waals surface area contributed by atoms with Crippen LogP contribution >= 0.6 is 0 Å². The third-order valence-corrected chi connectivity index (χ3v) is 2.85. The van der Waals surface area contributed by atoms with E-state index in [2.05, 4.69) is 15.4 Å². The summed E-state index contributed by atoms with van der Waals surface area (Å²) in [6.07, 6.45) is 5.76. The Hall–Kier alpha value is -0.970. The highest BCUT2D eigenvalue weighted by Crippen LogP contribution is 2.28. The van der Waals surface area contributed by atoms with E-state index in [4.69, 9.17) is 5.73 Å². The molecule has 1 aromatic heterocycles. The molecular weight excluding hydrogens is 178 g/mol. The first kappa shape index (κ1) is 9.58. The van der Waals surface area contributed by atoms with Crippen LogP contribution in [-0.2, 0) is 7.05 Å². The number of hydrogen-bond donors (Lipinski definition) is 1. The maximum absolute atomic E-state index is 5.99. The highest BCUT2D eigenvalue weighted by molar-refractivity contribution is 4.94. The van der Waals surface area contributed by atoms with Crippen molar-refractivity contribution in [3.05, 3.63) is 5.82 Å². The summed E-state index contributed by atoms with van der Waals surface area (Å²) >= 11 is 0. The molecule has 14 heavy (non-hydrogen) atoms. The van der Waals surface area contributed by atoms with Crippen molar-refractivity contribution in [2.24, 2.45) is 12.8 Å². The van der Waals surface area contributed by atoms with E-state index in [-0.39, 0.29) is 0 Å². The van der Waals surface area contributed by atoms with Crippen LogP contribution in [0.25, 0.3) is 0 Å². The predicted molar refractivity (Wildman–Crippen MR) is 52.6 cm³/mol. The van der Waals surface area contributed by atoms with E-state index >= 15 is 0 Å². The molecule has 5 nitrogen and oxygen atoms in total. The second-order valence-corrected chi connectivity index (χ2v) is 4.11. The lowest BCUT2D eigenvalue weighted by Gasteiger charge is -2.12. The Bertz CT molecular complexity index is 295. The van der Waals surface area contributed by atoms with E-state index in [1.807, 2.05) is 0 Å². The maximum atomic E-state index is 5.99. The van der Waals surface area contributed by atoms with Crippen molar-refractivity contribution < 1.29 is 0 Å². The zero-order chi connectivity index (χ0) is 9.97. The Balaban J connectivity index is 2.08. The van der Waals surface area contributed by atoms with Crippen LogP contribution < -0.4 is 5.73 Å². The van der Waals surface area contributed by atoms with Crippen molar-refractivity contribution >= 4 is 0 Å². The second kappa shape index (κ2) is 4.04. The molecule has 2 unspecified atom stereocenters. The first-order chi connectivity index (χ1) is 6.75. The molecule has 1 aliphatic rings. The Morgan fingerprint density at radius 3 is 2.86 bits per heavy atom. The molecule has 78 valence electrons. The molecule has 1 heterocycles. The van der Waals surface area contributed by atoms with E-state index in [9.17, 15) is 0 Å². The van der Waals surface area contributed by atoms with Gasteiger partial charge < -0.3 is 5.73 Å². The summed E-state index contributed by atoms with van der Waals surface area (Å²) in [6.45, 7) is 0. The molecule has 2 N–H and O–H groups in total. The Kier molecular flexibility index (Phi) is 2.77. The van der Waals surface area contributed by atoms with Gasteiger partial charge in [0.05, 0.1) is 7.05 Å². The number of aryl methyl sites for hydroxylation is 1. The standard InChI is InChI=1S/C9H17N5/c1-14-12-9(11-13-14)7-4-2-3-5-8(10)6-7/h7-8H,2-6,10H2,1H3. The van der Waals surface area contributed by atoms with Crippen LogP contribution in [0, 0.1) is 0 Å². The van der Waals surface area contributed by atoms with E-state index in [0.717, 1.165) is 25.1 Å². The van der Waals surface area contributed by atoms with Gasteiger partial charge >= 0.3 is 0 Å². The van der Waals surface area contributed by atoms with Crippen molar-refractivity contribution in [2.75, 3.05) is 0 Å². The van der Waals surface area contributed by atoms with Gasteiger partial charge in [0.1, 0.15) is 0 Å². The number of nitrogens with zero attached hydrogens (tertiary/aromatic N) is 4. The summed E-state index contributed by atoms with van der Waals surface area (Å²) < 4.78 is 0. The molecule has 0 saturated heterocycles. The molecule has 1 fully saturated rings. The molecule has 2 rings (SSSR count). The third-order valence-electron chi connectivity index (χ3n) is 2.85. The number of nitrogens with two attached hydrogens (primary N) is 1. The lowest BCUT2D eigenvalue weighted by Crippen LogP contribution is -2.21. The summed E-state index contributed by atoms with van der Waals surface area (Å²) in [5.41, 5.74) is 5.99. The molecule has 2 atom stereocenters. The van der Waals surface area contributed by atoms with Gasteiger partial charge in [-0.3, -0.25) is 0 Å². The summed E-state index contributed by atoms with van der Waals surface area (Å²) in [4.78, 5) is 1.52. The highest BCUT2D eigenvalue weighted by Gasteiger charge is 2.22. The molecule has 1 aliphatic carbocycles. The molecule has 0 aliphatic heterocycles. The SMILES string of the molecule is Cn1nnc(C2CCCCC(N)C2)n1. The Morgan fingerprint density at radius 1 is 1.36 bits per heavy atom. The summed E-state index contributed by atoms with van der Waals surface area (Å²) in [5, 5.41) is 12.2. The Labute approximate surface area is 83.7 Å². The minimum atomic E-state index is 0.311. The number of aromatic nitrogens is 4. The van der Waals surface area contributed by atoms with Gasteiger partial charge in [0, 0.05) is 12.0 Å². The fourth-order valence-electron chi connectivity index (χ4n) is 2.10. The van der Waals surface area contributed by atoms with Crippen LogP contribution in [0.5, 0.6) is 0 Å². The van der Waals surface area contributed by atoms with Crippen LogP contribution in [0.15, 0.2) is 0 Å².